The van der Waals surface area contributed by atoms with Gasteiger partial charge >= 0.3 is 6.09 Å². The molecule has 0 unspecified atom stereocenters. The van der Waals surface area contributed by atoms with Gasteiger partial charge in [0.05, 0.1) is 16.0 Å². The van der Waals surface area contributed by atoms with Crippen LogP contribution in [0.15, 0.2) is 42.5 Å². The van der Waals surface area contributed by atoms with Crippen molar-refractivity contribution >= 4 is 34.2 Å². The standard InChI is InChI=1S/C31H32FN5O3S/c1-18-23-13-20(10-11-26(23)35-36(18)5)28-24(19-8-9-21(16-33)25(32)14-19)15-27(41-28)29(38)37-12-6-7-22(17-37)34-30(39)40-31(2,3)4/h8-11,13-15,22H,6-7,12,17H2,1-5H3,(H,34,39)/t22-/m1/s1. The highest BCUT2D eigenvalue weighted by atomic mass is 32.1. The Morgan fingerprint density at radius 1 is 1.17 bits per heavy atom. The number of piperidine rings is 1. The quantitative estimate of drug-likeness (QED) is 0.304. The lowest BCUT2D eigenvalue weighted by Gasteiger charge is -2.33. The van der Waals surface area contributed by atoms with Gasteiger partial charge < -0.3 is 15.0 Å². The molecule has 1 aliphatic heterocycles. The first-order valence-electron chi connectivity index (χ1n) is 13.5. The number of thiophene rings is 1. The monoisotopic (exact) mass is 573 g/mol. The van der Waals surface area contributed by atoms with Gasteiger partial charge in [-0.15, -0.1) is 11.3 Å². The van der Waals surface area contributed by atoms with E-state index in [4.69, 9.17) is 4.74 Å². The number of nitriles is 1. The summed E-state index contributed by atoms with van der Waals surface area (Å²) in [5.41, 5.74) is 3.41. The van der Waals surface area contributed by atoms with Gasteiger partial charge in [0, 0.05) is 47.7 Å². The highest BCUT2D eigenvalue weighted by Gasteiger charge is 2.29. The number of halogens is 1. The van der Waals surface area contributed by atoms with Crippen LogP contribution in [0.5, 0.6) is 0 Å². The van der Waals surface area contributed by atoms with Crippen LogP contribution < -0.4 is 5.32 Å². The summed E-state index contributed by atoms with van der Waals surface area (Å²) in [6, 6.07) is 13.9. The van der Waals surface area contributed by atoms with Crippen LogP contribution >= 0.6 is 11.3 Å². The Morgan fingerprint density at radius 2 is 1.93 bits per heavy atom. The molecule has 0 saturated carbocycles. The molecule has 8 nitrogen and oxygen atoms in total. The number of rotatable bonds is 4. The van der Waals surface area contributed by atoms with Gasteiger partial charge in [-0.1, -0.05) is 12.1 Å². The summed E-state index contributed by atoms with van der Waals surface area (Å²) in [5, 5.41) is 17.6. The molecule has 1 aliphatic rings. The van der Waals surface area contributed by atoms with Crippen LogP contribution in [0.2, 0.25) is 0 Å². The number of carbonyl (C=O) groups excluding carboxylic acids is 2. The van der Waals surface area contributed by atoms with Gasteiger partial charge in [-0.2, -0.15) is 10.4 Å². The molecule has 1 saturated heterocycles. The van der Waals surface area contributed by atoms with Crippen molar-refractivity contribution in [1.82, 2.24) is 20.0 Å². The molecular formula is C31H32FN5O3S. The van der Waals surface area contributed by atoms with Gasteiger partial charge in [0.2, 0.25) is 0 Å². The lowest BCUT2D eigenvalue weighted by atomic mass is 9.99. The Hall–Kier alpha value is -4.23. The SMILES string of the molecule is Cc1c2cc(-c3sc(C(=O)N4CCC[C@@H](NC(=O)OC(C)(C)C)C4)cc3-c3ccc(C#N)c(F)c3)ccc2nn1C. The molecule has 212 valence electrons. The van der Waals surface area contributed by atoms with E-state index in [2.05, 4.69) is 10.4 Å². The number of aryl methyl sites for hydroxylation is 2. The van der Waals surface area contributed by atoms with E-state index in [1.54, 1.807) is 17.0 Å². The topological polar surface area (TPSA) is 100 Å². The summed E-state index contributed by atoms with van der Waals surface area (Å²) in [6.07, 6.45) is 0.995. The van der Waals surface area contributed by atoms with Gasteiger partial charge in [-0.05, 0) is 82.0 Å². The van der Waals surface area contributed by atoms with E-state index >= 15 is 0 Å². The van der Waals surface area contributed by atoms with Crippen LogP contribution in [0.3, 0.4) is 0 Å². The summed E-state index contributed by atoms with van der Waals surface area (Å²) in [6.45, 7) is 8.36. The third kappa shape index (κ3) is 5.95. The zero-order valence-corrected chi connectivity index (χ0v) is 24.6. The first kappa shape index (κ1) is 28.3. The Kier molecular flexibility index (Phi) is 7.58. The smallest absolute Gasteiger partial charge is 0.407 e. The Morgan fingerprint density at radius 3 is 2.63 bits per heavy atom. The molecule has 2 aromatic heterocycles. The number of benzene rings is 2. The number of amides is 2. The number of ether oxygens (including phenoxy) is 1. The molecule has 2 aromatic carbocycles. The van der Waals surface area contributed by atoms with Crippen LogP contribution in [0, 0.1) is 24.1 Å². The van der Waals surface area contributed by atoms with Crippen molar-refractivity contribution < 1.29 is 18.7 Å². The minimum absolute atomic E-state index is 0.0360. The maximum atomic E-state index is 14.7. The fraction of sp³-hybridized carbons (Fsp3) is 0.355. The predicted octanol–water partition coefficient (Wildman–Crippen LogP) is 6.42. The number of likely N-dealkylation sites (tertiary alicyclic amines) is 1. The number of carbonyl (C=O) groups is 2. The maximum absolute atomic E-state index is 14.7. The summed E-state index contributed by atoms with van der Waals surface area (Å²) < 4.78 is 21.9. The molecule has 4 aromatic rings. The van der Waals surface area contributed by atoms with Gasteiger partial charge in [0.1, 0.15) is 17.5 Å². The predicted molar refractivity (Wildman–Crippen MR) is 157 cm³/mol. The summed E-state index contributed by atoms with van der Waals surface area (Å²) in [5.74, 6) is -0.758. The van der Waals surface area contributed by atoms with E-state index in [-0.39, 0.29) is 17.5 Å². The van der Waals surface area contributed by atoms with Crippen molar-refractivity contribution in [1.29, 1.82) is 5.26 Å². The van der Waals surface area contributed by atoms with Crippen LogP contribution in [-0.4, -0.2) is 51.4 Å². The third-order valence-electron chi connectivity index (χ3n) is 7.16. The van der Waals surface area contributed by atoms with Gasteiger partial charge in [0.15, 0.2) is 0 Å². The molecule has 1 atom stereocenters. The fourth-order valence-corrected chi connectivity index (χ4v) is 6.22. The molecule has 0 aliphatic carbocycles. The van der Waals surface area contributed by atoms with Crippen LogP contribution in [0.4, 0.5) is 9.18 Å². The second-order valence-corrected chi connectivity index (χ2v) is 12.4. The molecule has 3 heterocycles. The highest BCUT2D eigenvalue weighted by molar-refractivity contribution is 7.18. The van der Waals surface area contributed by atoms with E-state index < -0.39 is 17.5 Å². The average Bonchev–Trinajstić information content (AvgIpc) is 3.48. The first-order valence-corrected chi connectivity index (χ1v) is 14.3. The van der Waals surface area contributed by atoms with E-state index in [1.165, 1.54) is 23.5 Å². The summed E-state index contributed by atoms with van der Waals surface area (Å²) >= 11 is 1.35. The zero-order valence-electron chi connectivity index (χ0n) is 23.7. The first-order chi connectivity index (χ1) is 19.4. The molecule has 0 bridgehead atoms. The molecule has 2 amide bonds. The largest absolute Gasteiger partial charge is 0.444 e. The second kappa shape index (κ2) is 11.0. The van der Waals surface area contributed by atoms with Crippen molar-refractivity contribution in [2.24, 2.45) is 7.05 Å². The van der Waals surface area contributed by atoms with E-state index in [0.717, 1.165) is 39.9 Å². The summed E-state index contributed by atoms with van der Waals surface area (Å²) in [4.78, 5) is 29.2. The van der Waals surface area contributed by atoms with E-state index in [9.17, 15) is 19.2 Å². The minimum Gasteiger partial charge on any atom is -0.444 e. The van der Waals surface area contributed by atoms with E-state index in [0.29, 0.717) is 29.1 Å². The number of hydrogen-bond acceptors (Lipinski definition) is 6. The Balaban J connectivity index is 1.50. The second-order valence-electron chi connectivity index (χ2n) is 11.3. The van der Waals surface area contributed by atoms with Crippen molar-refractivity contribution in [3.63, 3.8) is 0 Å². The maximum Gasteiger partial charge on any atom is 0.407 e. The van der Waals surface area contributed by atoms with Crippen molar-refractivity contribution in [2.45, 2.75) is 52.2 Å². The van der Waals surface area contributed by atoms with Crippen molar-refractivity contribution in [3.05, 3.63) is 64.4 Å². The zero-order chi connectivity index (χ0) is 29.5. The lowest BCUT2D eigenvalue weighted by Crippen LogP contribution is -2.50. The van der Waals surface area contributed by atoms with Crippen LogP contribution in [0.1, 0.15) is 54.5 Å². The number of fused-ring (bicyclic) bond motifs is 1. The highest BCUT2D eigenvalue weighted by Crippen LogP contribution is 2.41. The van der Waals surface area contributed by atoms with Crippen molar-refractivity contribution in [3.8, 4) is 27.6 Å². The minimum atomic E-state index is -0.611. The van der Waals surface area contributed by atoms with Crippen LogP contribution in [-0.2, 0) is 11.8 Å². The number of hydrogen-bond donors (Lipinski definition) is 1. The molecule has 1 N–H and O–H groups in total. The normalized spacial score (nSPS) is 15.5. The number of nitrogens with one attached hydrogen (secondary N) is 1. The van der Waals surface area contributed by atoms with Gasteiger partial charge in [-0.25, -0.2) is 9.18 Å². The lowest BCUT2D eigenvalue weighted by molar-refractivity contribution is 0.0453. The summed E-state index contributed by atoms with van der Waals surface area (Å²) in [7, 11) is 1.89. The number of aromatic nitrogens is 2. The Labute approximate surface area is 242 Å². The molecule has 1 fully saturated rings. The molecule has 41 heavy (non-hydrogen) atoms. The third-order valence-corrected chi connectivity index (χ3v) is 8.34. The molecule has 0 spiro atoms. The van der Waals surface area contributed by atoms with Crippen molar-refractivity contribution in [2.75, 3.05) is 13.1 Å². The Bertz CT molecular complexity index is 1690. The number of nitrogens with zero attached hydrogens (tertiary/aromatic N) is 4. The molecule has 5 rings (SSSR count). The molecule has 0 radical (unpaired) electrons. The number of alkyl carbamates (subject to hydrolysis) is 1. The van der Waals surface area contributed by atoms with Crippen LogP contribution in [0.25, 0.3) is 32.5 Å². The fourth-order valence-electron chi connectivity index (χ4n) is 5.07. The average molecular weight is 574 g/mol. The molecule has 10 heteroatoms. The molecular weight excluding hydrogens is 541 g/mol. The van der Waals surface area contributed by atoms with Gasteiger partial charge in [-0.3, -0.25) is 9.48 Å². The van der Waals surface area contributed by atoms with Gasteiger partial charge in [0.25, 0.3) is 5.91 Å². The van der Waals surface area contributed by atoms with E-state index in [1.807, 2.05) is 63.7 Å².